The van der Waals surface area contributed by atoms with Crippen molar-refractivity contribution in [3.8, 4) is 55.5 Å². The Bertz CT molecular complexity index is 5230. The molecule has 9 N–H and O–H groups in total. The highest BCUT2D eigenvalue weighted by atomic mass is 32.2. The van der Waals surface area contributed by atoms with E-state index < -0.39 is 75.8 Å². The van der Waals surface area contributed by atoms with Gasteiger partial charge in [-0.2, -0.15) is 13.2 Å². The molecule has 7 amide bonds. The Balaban J connectivity index is 0.000000177. The number of thiazole rings is 2. The van der Waals surface area contributed by atoms with Gasteiger partial charge in [-0.3, -0.25) is 4.79 Å². The summed E-state index contributed by atoms with van der Waals surface area (Å²) in [4.78, 5) is 83.3. The van der Waals surface area contributed by atoms with E-state index in [1.807, 2.05) is 164 Å². The molecule has 3 atom stereocenters. The van der Waals surface area contributed by atoms with E-state index in [1.165, 1.54) is 24.3 Å². The van der Waals surface area contributed by atoms with E-state index in [-0.39, 0.29) is 35.6 Å². The van der Waals surface area contributed by atoms with Gasteiger partial charge in [0.1, 0.15) is 28.1 Å². The number of carbonyl (C=O) groups excluding carboxylic acids is 4. The molecule has 0 saturated heterocycles. The first-order valence-corrected chi connectivity index (χ1v) is 37.2. The van der Waals surface area contributed by atoms with E-state index in [9.17, 15) is 60.6 Å². The maximum atomic E-state index is 13.3. The van der Waals surface area contributed by atoms with E-state index in [4.69, 9.17) is 9.97 Å². The molecule has 0 radical (unpaired) electrons. The number of hydrogen-bond acceptors (Lipinski definition) is 12. The number of carboxylic acid groups (broad SMARTS) is 2. The molecular formula is C84H72F3N9O10S3. The summed E-state index contributed by atoms with van der Waals surface area (Å²) in [6.07, 6.45) is -4.01. The van der Waals surface area contributed by atoms with Crippen LogP contribution in [-0.2, 0) is 49.8 Å². The number of sulfonamides is 1. The van der Waals surface area contributed by atoms with Crippen LogP contribution in [0, 0.1) is 11.8 Å². The molecule has 0 bridgehead atoms. The van der Waals surface area contributed by atoms with Crippen molar-refractivity contribution in [2.75, 3.05) is 16.0 Å². The Hall–Kier alpha value is -13.0. The molecule has 12 aromatic rings. The van der Waals surface area contributed by atoms with Crippen LogP contribution in [0.25, 0.3) is 43.7 Å². The maximum Gasteiger partial charge on any atom is 0.416 e. The van der Waals surface area contributed by atoms with Crippen molar-refractivity contribution < 1.29 is 60.6 Å². The Morgan fingerprint density at radius 2 is 0.798 bits per heavy atom. The molecule has 19 nitrogen and oxygen atoms in total. The third-order valence-electron chi connectivity index (χ3n) is 16.4. The number of urea groups is 3. The summed E-state index contributed by atoms with van der Waals surface area (Å²) >= 11 is 3.13. The number of alkyl halides is 3. The molecule has 0 aliphatic carbocycles. The van der Waals surface area contributed by atoms with Gasteiger partial charge in [-0.05, 0) is 107 Å². The van der Waals surface area contributed by atoms with Crippen molar-refractivity contribution >= 4 is 85.7 Å². The van der Waals surface area contributed by atoms with Gasteiger partial charge in [0.2, 0.25) is 0 Å². The van der Waals surface area contributed by atoms with E-state index in [1.54, 1.807) is 120 Å². The Kier molecular flexibility index (Phi) is 27.2. The number of carbonyl (C=O) groups is 6. The Morgan fingerprint density at radius 3 is 1.18 bits per heavy atom. The highest BCUT2D eigenvalue weighted by Crippen LogP contribution is 2.33. The smallest absolute Gasteiger partial charge is 0.416 e. The van der Waals surface area contributed by atoms with E-state index >= 15 is 0 Å². The number of amides is 7. The van der Waals surface area contributed by atoms with Crippen molar-refractivity contribution in [2.24, 2.45) is 0 Å². The second kappa shape index (κ2) is 37.8. The standard InChI is InChI=1S/C34H32N4O4S2.C25H19F3N2O3.C25H21N3O3S/c1-23(2)25-15-19-29(20-16-25)44(41,42)38-32(39)30(21-24-9-5-3-6-10-24)37-34(40)35-28-17-13-26(14-18-28)31-22-43-33(36-31)27-11-7-4-8-12-27;26-25(27,28)20-8-4-7-19(15-20)10-9-17-11-13-21(14-12-17)29-24(33)30-22(23(31)32)16-18-5-2-1-3-6-18;29-24(30)21(15-17-7-3-1-4-8-17)28-25(31)26-20-13-11-18(12-14-20)22-16-32-23(27-22)19-9-5-2-6-10-19/h3-20,22-23,30H,21H2,1-2H3,(H,38,39)(H2,35,37,40);1-8,11-15,22H,16H2,(H,31,32)(H2,29,30,33);1-14,16,21H,15H2,(H,29,30)(H2,26,28,31)/t30-;;21-/m1.1/s1. The number of anilines is 3. The minimum atomic E-state index is -4.44. The molecule has 12 rings (SSSR count). The van der Waals surface area contributed by atoms with Gasteiger partial charge in [0.15, 0.2) is 0 Å². The SMILES string of the molecule is CC(C)c1ccc(S(=O)(=O)NC(=O)[C@@H](Cc2ccccc2)NC(=O)Nc2ccc(-c3csc(-c4ccccc4)n3)cc2)cc1.O=C(Nc1ccc(-c2csc(-c3ccccc3)n2)cc1)N[C@H](Cc1ccccc1)C(=O)O.O=C(Nc1ccc(C#Cc2cccc(C(F)(F)F)c2)cc1)NC(Cc1ccccc1)C(=O)O. The van der Waals surface area contributed by atoms with Gasteiger partial charge in [-0.25, -0.2) is 47.1 Å². The summed E-state index contributed by atoms with van der Waals surface area (Å²) in [6.45, 7) is 4.01. The van der Waals surface area contributed by atoms with Crippen LogP contribution >= 0.6 is 22.7 Å². The monoisotopic (exact) mass is 1520 g/mol. The number of rotatable bonds is 22. The summed E-state index contributed by atoms with van der Waals surface area (Å²) in [5, 5.41) is 40.2. The van der Waals surface area contributed by atoms with E-state index in [0.717, 1.165) is 78.0 Å². The summed E-state index contributed by atoms with van der Waals surface area (Å²) < 4.78 is 66.6. The Labute approximate surface area is 635 Å². The van der Waals surface area contributed by atoms with Crippen LogP contribution in [0.15, 0.2) is 289 Å². The highest BCUT2D eigenvalue weighted by molar-refractivity contribution is 7.90. The zero-order valence-corrected chi connectivity index (χ0v) is 60.9. The fraction of sp³-hybridized carbons (Fsp3) is 0.119. The third kappa shape index (κ3) is 24.0. The fourth-order valence-corrected chi connectivity index (χ4v) is 13.4. The van der Waals surface area contributed by atoms with Crippen LogP contribution in [0.2, 0.25) is 0 Å². The third-order valence-corrected chi connectivity index (χ3v) is 19.5. The molecule has 552 valence electrons. The molecule has 109 heavy (non-hydrogen) atoms. The molecule has 0 saturated carbocycles. The minimum Gasteiger partial charge on any atom is -0.480 e. The number of aromatic nitrogens is 2. The zero-order valence-electron chi connectivity index (χ0n) is 58.5. The predicted molar refractivity (Wildman–Crippen MR) is 419 cm³/mol. The molecular weight excluding hydrogens is 1450 g/mol. The van der Waals surface area contributed by atoms with Gasteiger partial charge in [-0.15, -0.1) is 22.7 Å². The second-order valence-corrected chi connectivity index (χ2v) is 28.2. The topological polar surface area (TPSA) is 287 Å². The number of nitrogens with one attached hydrogen (secondary N) is 7. The molecule has 2 aromatic heterocycles. The fourth-order valence-electron chi connectivity index (χ4n) is 10.7. The summed E-state index contributed by atoms with van der Waals surface area (Å²) in [6, 6.07) is 73.8. The first kappa shape index (κ1) is 78.6. The van der Waals surface area contributed by atoms with Crippen molar-refractivity contribution in [3.63, 3.8) is 0 Å². The minimum absolute atomic E-state index is 0.0331. The lowest BCUT2D eigenvalue weighted by molar-refractivity contribution is -0.140. The molecule has 0 spiro atoms. The molecule has 10 aromatic carbocycles. The number of nitrogens with zero attached hydrogens (tertiary/aromatic N) is 2. The number of halogens is 3. The van der Waals surface area contributed by atoms with Crippen LogP contribution < -0.4 is 36.6 Å². The van der Waals surface area contributed by atoms with Crippen molar-refractivity contribution in [2.45, 2.75) is 68.2 Å². The van der Waals surface area contributed by atoms with Gasteiger partial charge in [0.25, 0.3) is 15.9 Å². The van der Waals surface area contributed by atoms with Crippen molar-refractivity contribution in [1.82, 2.24) is 30.6 Å². The molecule has 0 aliphatic heterocycles. The van der Waals surface area contributed by atoms with Crippen LogP contribution in [0.4, 0.5) is 44.6 Å². The van der Waals surface area contributed by atoms with Crippen molar-refractivity contribution in [3.05, 3.63) is 323 Å². The normalized spacial score (nSPS) is 11.7. The lowest BCUT2D eigenvalue weighted by atomic mass is 10.0. The average molecular weight is 1520 g/mol. The van der Waals surface area contributed by atoms with Gasteiger partial charge < -0.3 is 42.1 Å². The van der Waals surface area contributed by atoms with Crippen LogP contribution in [0.1, 0.15) is 58.7 Å². The number of carboxylic acids is 2. The molecule has 1 unspecified atom stereocenters. The maximum absolute atomic E-state index is 13.3. The average Bonchev–Trinajstić information content (AvgIpc) is 1.28. The molecule has 25 heteroatoms. The molecule has 2 heterocycles. The van der Waals surface area contributed by atoms with Crippen LogP contribution in [0.3, 0.4) is 0 Å². The molecule has 0 fully saturated rings. The van der Waals surface area contributed by atoms with Crippen molar-refractivity contribution in [1.29, 1.82) is 0 Å². The van der Waals surface area contributed by atoms with Gasteiger partial charge >= 0.3 is 36.2 Å². The summed E-state index contributed by atoms with van der Waals surface area (Å²) in [5.41, 5.74) is 10.4. The van der Waals surface area contributed by atoms with Crippen LogP contribution in [0.5, 0.6) is 0 Å². The van der Waals surface area contributed by atoms with Crippen LogP contribution in [-0.4, -0.2) is 82.7 Å². The summed E-state index contributed by atoms with van der Waals surface area (Å²) in [5.74, 6) is 2.60. The number of hydrogen-bond donors (Lipinski definition) is 9. The lowest BCUT2D eigenvalue weighted by Crippen LogP contribution is -2.50. The predicted octanol–water partition coefficient (Wildman–Crippen LogP) is 17.1. The zero-order chi connectivity index (χ0) is 77.3. The van der Waals surface area contributed by atoms with E-state index in [2.05, 4.69) is 48.5 Å². The van der Waals surface area contributed by atoms with E-state index in [0.29, 0.717) is 22.6 Å². The van der Waals surface area contributed by atoms with Gasteiger partial charge in [-0.1, -0.05) is 220 Å². The van der Waals surface area contributed by atoms with Gasteiger partial charge in [0, 0.05) is 80.5 Å². The Morgan fingerprint density at radius 1 is 0.431 bits per heavy atom. The summed E-state index contributed by atoms with van der Waals surface area (Å²) in [7, 11) is -4.16. The quantitative estimate of drug-likeness (QED) is 0.0286. The molecule has 0 aliphatic rings. The largest absolute Gasteiger partial charge is 0.480 e. The second-order valence-electron chi connectivity index (χ2n) is 24.8. The van der Waals surface area contributed by atoms with Gasteiger partial charge in [0.05, 0.1) is 21.8 Å². The number of benzene rings is 10. The number of aliphatic carboxylic acids is 2. The first-order chi connectivity index (χ1) is 52.5. The first-order valence-electron chi connectivity index (χ1n) is 34.0. The highest BCUT2D eigenvalue weighted by Gasteiger charge is 2.31. The lowest BCUT2D eigenvalue weighted by Gasteiger charge is -2.19.